The van der Waals surface area contributed by atoms with Crippen LogP contribution in [0.2, 0.25) is 39.3 Å². The van der Waals surface area contributed by atoms with Gasteiger partial charge in [-0.1, -0.05) is 201 Å². The highest BCUT2D eigenvalue weighted by molar-refractivity contribution is 6.91. The van der Waals surface area contributed by atoms with E-state index in [9.17, 15) is 5.48 Å². The van der Waals surface area contributed by atoms with Crippen molar-refractivity contribution in [2.75, 3.05) is 0 Å². The molecule has 0 radical (unpaired) electrons. The third-order valence-electron chi connectivity index (χ3n) is 11.7. The largest absolute Gasteiger partial charge is 0.208 e. The zero-order valence-electron chi connectivity index (χ0n) is 37.1. The van der Waals surface area contributed by atoms with Gasteiger partial charge >= 0.3 is 0 Å². The Labute approximate surface area is 343 Å². The minimum Gasteiger partial charge on any atom is -0.208 e. The van der Waals surface area contributed by atoms with E-state index in [4.69, 9.17) is 15.0 Å². The lowest BCUT2D eigenvalue weighted by Gasteiger charge is -2.30. The Morgan fingerprint density at radius 2 is 0.860 bits per heavy atom. The summed E-state index contributed by atoms with van der Waals surface area (Å²) in [6, 6.07) is 47.8. The fraction of sp³-hybridized carbons (Fsp3) is 0.135. The quantitative estimate of drug-likeness (QED) is 0.158. The third-order valence-corrected chi connectivity index (χ3v) is 15.8. The zero-order chi connectivity index (χ0) is 42.6. The lowest BCUT2D eigenvalue weighted by molar-refractivity contribution is 0.794. The van der Waals surface area contributed by atoms with Gasteiger partial charge in [0.25, 0.3) is 0 Å². The molecule has 0 saturated carbocycles. The maximum atomic E-state index is 9.93. The van der Waals surface area contributed by atoms with E-state index in [0.29, 0.717) is 17.2 Å². The number of benzene rings is 7. The molecule has 0 N–H and O–H groups in total. The Morgan fingerprint density at radius 1 is 0.404 bits per heavy atom. The van der Waals surface area contributed by atoms with Crippen molar-refractivity contribution in [3.05, 3.63) is 186 Å². The maximum Gasteiger partial charge on any atom is 0.164 e. The Balaban J connectivity index is 1.22. The monoisotopic (exact) mass is 771 g/mol. The maximum absolute atomic E-state index is 9.93. The topological polar surface area (TPSA) is 38.7 Å². The molecular formula is C52H45N3Si2. The standard InChI is InChI=1S/C52H45N3Si2/c1-56(2,3)39-30-38(31-40(33-39)57(4,5)6)51-54-49(34-17-8-7-9-18-34)53-50(55-51)37-20-16-19-35(29-37)36-27-28-44-43-23-12-15-26-47(43)52(48(44)32-36)45-24-13-10-21-41(45)42-22-11-14-25-46(42)52/h7-33H,1-6H3/i16D,19D,20D,29D. The van der Waals surface area contributed by atoms with Gasteiger partial charge in [0.1, 0.15) is 0 Å². The van der Waals surface area contributed by atoms with Crippen LogP contribution in [-0.4, -0.2) is 31.1 Å². The van der Waals surface area contributed by atoms with Crippen LogP contribution in [0.3, 0.4) is 0 Å². The number of rotatable bonds is 6. The van der Waals surface area contributed by atoms with Crippen molar-refractivity contribution in [3.63, 3.8) is 0 Å². The van der Waals surface area contributed by atoms with Crippen molar-refractivity contribution < 1.29 is 5.48 Å². The highest BCUT2D eigenvalue weighted by Gasteiger charge is 2.51. The van der Waals surface area contributed by atoms with Crippen molar-refractivity contribution in [2.45, 2.75) is 44.7 Å². The second kappa shape index (κ2) is 13.0. The molecule has 0 amide bonds. The summed E-state index contributed by atoms with van der Waals surface area (Å²) in [6.07, 6.45) is 0. The van der Waals surface area contributed by atoms with Crippen LogP contribution in [0.5, 0.6) is 0 Å². The number of hydrogen-bond donors (Lipinski definition) is 0. The minimum absolute atomic E-state index is 0.0578. The van der Waals surface area contributed by atoms with Crippen molar-refractivity contribution in [3.8, 4) is 67.5 Å². The molecule has 0 unspecified atom stereocenters. The van der Waals surface area contributed by atoms with Crippen LogP contribution in [0.15, 0.2) is 164 Å². The van der Waals surface area contributed by atoms with E-state index in [1.54, 1.807) is 0 Å². The van der Waals surface area contributed by atoms with Gasteiger partial charge in [0.15, 0.2) is 17.5 Å². The summed E-state index contributed by atoms with van der Waals surface area (Å²) < 4.78 is 37.9. The summed E-state index contributed by atoms with van der Waals surface area (Å²) in [4.78, 5) is 15.1. The fourth-order valence-corrected chi connectivity index (χ4v) is 11.3. The molecule has 10 rings (SSSR count). The predicted molar refractivity (Wildman–Crippen MR) is 244 cm³/mol. The van der Waals surface area contributed by atoms with Crippen molar-refractivity contribution in [1.29, 1.82) is 0 Å². The van der Waals surface area contributed by atoms with Crippen LogP contribution in [0.25, 0.3) is 67.5 Å². The second-order valence-corrected chi connectivity index (χ2v) is 27.5. The average molecular weight is 772 g/mol. The molecule has 8 aromatic rings. The molecule has 3 nitrogen and oxygen atoms in total. The van der Waals surface area contributed by atoms with E-state index in [-0.39, 0.29) is 41.1 Å². The molecule has 7 aromatic carbocycles. The van der Waals surface area contributed by atoms with Crippen molar-refractivity contribution >= 4 is 26.5 Å². The number of fused-ring (bicyclic) bond motifs is 10. The summed E-state index contributed by atoms with van der Waals surface area (Å²) in [6.45, 7) is 14.1. The Morgan fingerprint density at radius 3 is 1.40 bits per heavy atom. The molecule has 0 fully saturated rings. The Hall–Kier alpha value is -6.02. The highest BCUT2D eigenvalue weighted by atomic mass is 28.3. The van der Waals surface area contributed by atoms with Crippen LogP contribution in [0, 0.1) is 0 Å². The molecule has 0 bridgehead atoms. The molecule has 5 heteroatoms. The Bertz CT molecular complexity index is 3020. The van der Waals surface area contributed by atoms with E-state index < -0.39 is 21.6 Å². The zero-order valence-corrected chi connectivity index (χ0v) is 35.1. The third kappa shape index (κ3) is 5.71. The van der Waals surface area contributed by atoms with Crippen molar-refractivity contribution in [1.82, 2.24) is 15.0 Å². The lowest BCUT2D eigenvalue weighted by atomic mass is 9.70. The van der Waals surface area contributed by atoms with Gasteiger partial charge in [0.05, 0.1) is 27.0 Å². The van der Waals surface area contributed by atoms with Crippen LogP contribution >= 0.6 is 0 Å². The average Bonchev–Trinajstić information content (AvgIpc) is 3.72. The predicted octanol–water partition coefficient (Wildman–Crippen LogP) is 12.0. The normalized spacial score (nSPS) is 14.6. The number of nitrogens with zero attached hydrogens (tertiary/aromatic N) is 3. The SMILES string of the molecule is [2H]c1c([2H])c(-c2ccc3c(c2)C2(c4ccccc4-c4ccccc42)c2ccccc2-3)c([2H])c(-c2nc(-c3ccccc3)nc(-c3cc([Si](C)(C)C)cc([Si](C)(C)C)c3)n2)c1[2H]. The smallest absolute Gasteiger partial charge is 0.164 e. The van der Waals surface area contributed by atoms with Crippen molar-refractivity contribution in [2.24, 2.45) is 0 Å². The molecule has 2 aliphatic carbocycles. The van der Waals surface area contributed by atoms with Gasteiger partial charge in [0.2, 0.25) is 0 Å². The molecule has 276 valence electrons. The van der Waals surface area contributed by atoms with Gasteiger partial charge in [0, 0.05) is 16.7 Å². The van der Waals surface area contributed by atoms with E-state index in [1.807, 2.05) is 36.4 Å². The van der Waals surface area contributed by atoms with Crippen LogP contribution < -0.4 is 10.4 Å². The highest BCUT2D eigenvalue weighted by Crippen LogP contribution is 2.63. The second-order valence-electron chi connectivity index (χ2n) is 17.4. The fourth-order valence-electron chi connectivity index (χ4n) is 8.81. The van der Waals surface area contributed by atoms with E-state index in [1.165, 1.54) is 38.2 Å². The molecule has 1 heterocycles. The van der Waals surface area contributed by atoms with Crippen LogP contribution in [-0.2, 0) is 5.41 Å². The number of aromatic nitrogens is 3. The summed E-state index contributed by atoms with van der Waals surface area (Å²) >= 11 is 0. The minimum atomic E-state index is -1.77. The van der Waals surface area contributed by atoms with E-state index in [0.717, 1.165) is 27.8 Å². The van der Waals surface area contributed by atoms with Crippen LogP contribution in [0.1, 0.15) is 27.7 Å². The molecule has 57 heavy (non-hydrogen) atoms. The first-order valence-electron chi connectivity index (χ1n) is 21.7. The first-order valence-corrected chi connectivity index (χ1v) is 26.7. The molecule has 0 atom stereocenters. The van der Waals surface area contributed by atoms with Gasteiger partial charge in [-0.15, -0.1) is 0 Å². The molecule has 2 aliphatic rings. The first-order chi connectivity index (χ1) is 29.2. The van der Waals surface area contributed by atoms with Gasteiger partial charge in [-0.25, -0.2) is 15.0 Å². The summed E-state index contributed by atoms with van der Waals surface area (Å²) in [5.41, 5.74) is 11.3. The van der Waals surface area contributed by atoms with Crippen LogP contribution in [0.4, 0.5) is 0 Å². The van der Waals surface area contributed by atoms with Gasteiger partial charge in [-0.3, -0.25) is 0 Å². The van der Waals surface area contributed by atoms with E-state index >= 15 is 0 Å². The first kappa shape index (κ1) is 31.1. The lowest BCUT2D eigenvalue weighted by Crippen LogP contribution is -2.45. The summed E-state index contributed by atoms with van der Waals surface area (Å²) in [7, 11) is -3.55. The number of hydrogen-bond acceptors (Lipinski definition) is 3. The Kier molecular flexibility index (Phi) is 7.11. The summed E-state index contributed by atoms with van der Waals surface area (Å²) in [5.74, 6) is 1.03. The van der Waals surface area contributed by atoms with Gasteiger partial charge in [-0.2, -0.15) is 0 Å². The molecule has 1 spiro atoms. The molecular weight excluding hydrogens is 723 g/mol. The molecule has 0 aliphatic heterocycles. The van der Waals surface area contributed by atoms with Gasteiger partial charge in [-0.05, 0) is 67.7 Å². The summed E-state index contributed by atoms with van der Waals surface area (Å²) in [5, 5.41) is 2.62. The molecule has 0 saturated heterocycles. The van der Waals surface area contributed by atoms with E-state index in [2.05, 4.69) is 142 Å². The molecule has 1 aromatic heterocycles. The van der Waals surface area contributed by atoms with Gasteiger partial charge < -0.3 is 0 Å².